The number of carboxylic acid groups (broad SMARTS) is 1. The predicted molar refractivity (Wildman–Crippen MR) is 102 cm³/mol. The van der Waals surface area contributed by atoms with Gasteiger partial charge in [0, 0.05) is 13.0 Å². The van der Waals surface area contributed by atoms with Gasteiger partial charge in [-0.05, 0) is 25.5 Å². The van der Waals surface area contributed by atoms with E-state index in [1.165, 1.54) is 25.7 Å². The van der Waals surface area contributed by atoms with Gasteiger partial charge in [0.25, 0.3) is 0 Å². The Labute approximate surface area is 157 Å². The lowest BCUT2D eigenvalue weighted by molar-refractivity contribution is -0.218. The van der Waals surface area contributed by atoms with Crippen LogP contribution >= 0.6 is 0 Å². The van der Waals surface area contributed by atoms with Gasteiger partial charge in [-0.3, -0.25) is 0 Å². The number of ether oxygens (including phenoxy) is 3. The second-order valence-electron chi connectivity index (χ2n) is 6.39. The number of rotatable bonds is 16. The molecule has 0 amide bonds. The fourth-order valence-corrected chi connectivity index (χ4v) is 2.77. The molecule has 0 bridgehead atoms. The zero-order chi connectivity index (χ0) is 19.1. The molecular formula is C21H34O5. The Balaban J connectivity index is 2.63. The number of hydrogen-bond acceptors (Lipinski definition) is 4. The number of hydrogen-bond donors (Lipinski definition) is 1. The minimum Gasteiger partial charge on any atom is -0.476 e. The molecule has 0 spiro atoms. The molecule has 1 aromatic rings. The number of para-hydroxylation sites is 1. The Morgan fingerprint density at radius 1 is 0.962 bits per heavy atom. The highest BCUT2D eigenvalue weighted by atomic mass is 16.7. The second-order valence-corrected chi connectivity index (χ2v) is 6.39. The highest BCUT2D eigenvalue weighted by molar-refractivity contribution is 5.76. The van der Waals surface area contributed by atoms with Gasteiger partial charge < -0.3 is 19.3 Å². The molecular weight excluding hydrogens is 332 g/mol. The van der Waals surface area contributed by atoms with Crippen molar-refractivity contribution in [1.29, 1.82) is 0 Å². The van der Waals surface area contributed by atoms with E-state index in [0.29, 0.717) is 25.4 Å². The molecule has 0 aliphatic heterocycles. The average Bonchev–Trinajstić information content (AvgIpc) is 2.65. The van der Waals surface area contributed by atoms with Crippen molar-refractivity contribution in [3.05, 3.63) is 30.3 Å². The number of carboxylic acids is 1. The van der Waals surface area contributed by atoms with Crippen LogP contribution in [0.15, 0.2) is 30.3 Å². The van der Waals surface area contributed by atoms with Crippen molar-refractivity contribution >= 4 is 5.97 Å². The molecule has 5 heteroatoms. The molecule has 1 aromatic carbocycles. The highest BCUT2D eigenvalue weighted by Gasteiger charge is 2.42. The topological polar surface area (TPSA) is 65.0 Å². The third-order valence-corrected chi connectivity index (χ3v) is 4.23. The maximum atomic E-state index is 12.0. The molecule has 26 heavy (non-hydrogen) atoms. The van der Waals surface area contributed by atoms with E-state index in [1.54, 1.807) is 12.1 Å². The fourth-order valence-electron chi connectivity index (χ4n) is 2.77. The Morgan fingerprint density at radius 2 is 1.62 bits per heavy atom. The van der Waals surface area contributed by atoms with Gasteiger partial charge in [-0.1, -0.05) is 63.6 Å². The zero-order valence-corrected chi connectivity index (χ0v) is 16.2. The molecule has 0 aromatic heterocycles. The van der Waals surface area contributed by atoms with Crippen LogP contribution in [0, 0.1) is 0 Å². The van der Waals surface area contributed by atoms with E-state index in [2.05, 4.69) is 6.92 Å². The van der Waals surface area contributed by atoms with E-state index in [4.69, 9.17) is 14.2 Å². The van der Waals surface area contributed by atoms with Gasteiger partial charge in [0.05, 0.1) is 13.2 Å². The SMILES string of the molecule is CCCCCCCCCC(OCCOCC)(Oc1ccccc1)C(=O)O. The summed E-state index contributed by atoms with van der Waals surface area (Å²) in [5, 5.41) is 9.82. The van der Waals surface area contributed by atoms with Crippen LogP contribution in [-0.2, 0) is 14.3 Å². The van der Waals surface area contributed by atoms with Crippen molar-refractivity contribution in [2.75, 3.05) is 19.8 Å². The first-order valence-electron chi connectivity index (χ1n) is 9.83. The van der Waals surface area contributed by atoms with E-state index in [1.807, 2.05) is 25.1 Å². The predicted octanol–water partition coefficient (Wildman–Crippen LogP) is 5.04. The van der Waals surface area contributed by atoms with Crippen LogP contribution in [0.1, 0.15) is 65.2 Å². The van der Waals surface area contributed by atoms with Gasteiger partial charge in [-0.2, -0.15) is 0 Å². The van der Waals surface area contributed by atoms with Gasteiger partial charge >= 0.3 is 11.8 Å². The summed E-state index contributed by atoms with van der Waals surface area (Å²) in [5.41, 5.74) is 0. The lowest BCUT2D eigenvalue weighted by atomic mass is 10.0. The molecule has 0 radical (unpaired) electrons. The quantitative estimate of drug-likeness (QED) is 0.328. The molecule has 0 fully saturated rings. The third kappa shape index (κ3) is 8.68. The molecule has 1 rings (SSSR count). The van der Waals surface area contributed by atoms with Crippen LogP contribution in [0.25, 0.3) is 0 Å². The first kappa shape index (κ1) is 22.5. The van der Waals surface area contributed by atoms with Crippen molar-refractivity contribution in [3.63, 3.8) is 0 Å². The van der Waals surface area contributed by atoms with Gasteiger partial charge in [-0.25, -0.2) is 4.79 Å². The van der Waals surface area contributed by atoms with Gasteiger partial charge in [0.1, 0.15) is 5.75 Å². The molecule has 0 heterocycles. The van der Waals surface area contributed by atoms with E-state index in [9.17, 15) is 9.90 Å². The molecule has 0 saturated carbocycles. The number of unbranched alkanes of at least 4 members (excludes halogenated alkanes) is 6. The molecule has 1 atom stereocenters. The van der Waals surface area contributed by atoms with Crippen molar-refractivity contribution in [2.45, 2.75) is 71.0 Å². The Kier molecular flexibility index (Phi) is 11.7. The van der Waals surface area contributed by atoms with E-state index in [-0.39, 0.29) is 6.61 Å². The summed E-state index contributed by atoms with van der Waals surface area (Å²) in [6.45, 7) is 5.19. The van der Waals surface area contributed by atoms with E-state index < -0.39 is 11.8 Å². The molecule has 0 aliphatic carbocycles. The fraction of sp³-hybridized carbons (Fsp3) is 0.667. The van der Waals surface area contributed by atoms with Crippen LogP contribution in [0.4, 0.5) is 0 Å². The van der Waals surface area contributed by atoms with Gasteiger partial charge in [-0.15, -0.1) is 0 Å². The van der Waals surface area contributed by atoms with Crippen LogP contribution in [0.5, 0.6) is 5.75 Å². The molecule has 0 aliphatic rings. The lowest BCUT2D eigenvalue weighted by Gasteiger charge is -2.30. The standard InChI is InChI=1S/C21H34O5/c1-3-5-6-7-8-9-13-16-21(20(22)23,25-18-17-24-4-2)26-19-14-11-10-12-15-19/h10-12,14-15H,3-9,13,16-18H2,1-2H3,(H,22,23). The van der Waals surface area contributed by atoms with Crippen LogP contribution in [0.3, 0.4) is 0 Å². The minimum absolute atomic E-state index is 0.184. The lowest BCUT2D eigenvalue weighted by Crippen LogP contribution is -2.48. The smallest absolute Gasteiger partial charge is 0.377 e. The number of aliphatic carboxylic acids is 1. The Bertz CT molecular complexity index is 477. The van der Waals surface area contributed by atoms with Crippen LogP contribution < -0.4 is 4.74 Å². The van der Waals surface area contributed by atoms with Crippen molar-refractivity contribution < 1.29 is 24.1 Å². The summed E-state index contributed by atoms with van der Waals surface area (Å²) in [6.07, 6.45) is 8.07. The normalized spacial score (nSPS) is 13.3. The first-order chi connectivity index (χ1) is 12.6. The maximum absolute atomic E-state index is 12.0. The summed E-state index contributed by atoms with van der Waals surface area (Å²) in [5.74, 6) is -2.26. The van der Waals surface area contributed by atoms with Crippen LogP contribution in [-0.4, -0.2) is 36.7 Å². The van der Waals surface area contributed by atoms with Crippen molar-refractivity contribution in [3.8, 4) is 5.75 Å². The summed E-state index contributed by atoms with van der Waals surface area (Å²) in [4.78, 5) is 12.0. The summed E-state index contributed by atoms with van der Waals surface area (Å²) >= 11 is 0. The van der Waals surface area contributed by atoms with Gasteiger partial charge in [0.15, 0.2) is 0 Å². The monoisotopic (exact) mass is 366 g/mol. The number of benzene rings is 1. The maximum Gasteiger partial charge on any atom is 0.377 e. The van der Waals surface area contributed by atoms with Gasteiger partial charge in [0.2, 0.25) is 0 Å². The van der Waals surface area contributed by atoms with Crippen molar-refractivity contribution in [2.24, 2.45) is 0 Å². The van der Waals surface area contributed by atoms with E-state index in [0.717, 1.165) is 19.3 Å². The summed E-state index contributed by atoms with van der Waals surface area (Å²) in [7, 11) is 0. The molecule has 5 nitrogen and oxygen atoms in total. The Morgan fingerprint density at radius 3 is 2.23 bits per heavy atom. The summed E-state index contributed by atoms with van der Waals surface area (Å²) in [6, 6.07) is 8.98. The summed E-state index contributed by atoms with van der Waals surface area (Å²) < 4.78 is 16.8. The molecule has 1 N–H and O–H groups in total. The average molecular weight is 366 g/mol. The third-order valence-electron chi connectivity index (χ3n) is 4.23. The first-order valence-corrected chi connectivity index (χ1v) is 9.83. The largest absolute Gasteiger partial charge is 0.476 e. The van der Waals surface area contributed by atoms with Crippen molar-refractivity contribution in [1.82, 2.24) is 0 Å². The Hall–Kier alpha value is -1.59. The number of carbonyl (C=O) groups is 1. The second kappa shape index (κ2) is 13.6. The highest BCUT2D eigenvalue weighted by Crippen LogP contribution is 2.26. The van der Waals surface area contributed by atoms with E-state index >= 15 is 0 Å². The molecule has 148 valence electrons. The minimum atomic E-state index is -1.66. The molecule has 0 saturated heterocycles. The zero-order valence-electron chi connectivity index (χ0n) is 16.2. The van der Waals surface area contributed by atoms with Crippen LogP contribution in [0.2, 0.25) is 0 Å². The molecule has 1 unspecified atom stereocenters.